The highest BCUT2D eigenvalue weighted by Crippen LogP contribution is 2.33. The number of hydrogen-bond donors (Lipinski definition) is 1. The second-order valence-corrected chi connectivity index (χ2v) is 9.75. The minimum absolute atomic E-state index is 0.0404. The Morgan fingerprint density at radius 3 is 2.56 bits per heavy atom. The van der Waals surface area contributed by atoms with Crippen LogP contribution in [0.25, 0.3) is 11.1 Å². The van der Waals surface area contributed by atoms with Gasteiger partial charge in [0, 0.05) is 17.0 Å². The predicted molar refractivity (Wildman–Crippen MR) is 117 cm³/mol. The van der Waals surface area contributed by atoms with E-state index in [4.69, 9.17) is 0 Å². The fraction of sp³-hybridized carbons (Fsp3) is 0.250. The predicted octanol–water partition coefficient (Wildman–Crippen LogP) is 5.83. The molecule has 0 spiro atoms. The van der Waals surface area contributed by atoms with E-state index in [-0.39, 0.29) is 11.2 Å². The van der Waals surface area contributed by atoms with Gasteiger partial charge in [0.25, 0.3) is 0 Å². The summed E-state index contributed by atoms with van der Waals surface area (Å²) in [6, 6.07) is 17.9. The largest absolute Gasteiger partial charge is 0.325 e. The summed E-state index contributed by atoms with van der Waals surface area (Å²) < 4.78 is 1.79. The normalized spacial score (nSPS) is 11.9. The van der Waals surface area contributed by atoms with Crippen LogP contribution in [0.2, 0.25) is 0 Å². The maximum atomic E-state index is 12.7. The fourth-order valence-corrected chi connectivity index (χ4v) is 5.48. The Morgan fingerprint density at radius 1 is 1.07 bits per heavy atom. The first-order valence-corrected chi connectivity index (χ1v) is 11.4. The van der Waals surface area contributed by atoms with Crippen molar-refractivity contribution < 1.29 is 4.79 Å². The second-order valence-electron chi connectivity index (χ2n) is 5.84. The lowest BCUT2D eigenvalue weighted by atomic mass is 10.0. The molecule has 1 aromatic heterocycles. The Bertz CT molecular complexity index is 883. The third-order valence-electron chi connectivity index (χ3n) is 3.73. The Hall–Kier alpha value is -1.83. The average molecular weight is 416 g/mol. The van der Waals surface area contributed by atoms with Crippen molar-refractivity contribution in [3.05, 3.63) is 54.6 Å². The lowest BCUT2D eigenvalue weighted by Gasteiger charge is -2.14. The van der Waals surface area contributed by atoms with Crippen molar-refractivity contribution in [3.8, 4) is 11.1 Å². The quantitative estimate of drug-likeness (QED) is 0.469. The Labute approximate surface area is 172 Å². The van der Waals surface area contributed by atoms with E-state index in [0.717, 1.165) is 37.7 Å². The number of thioether (sulfide) groups is 2. The van der Waals surface area contributed by atoms with E-state index in [1.54, 1.807) is 23.1 Å². The van der Waals surface area contributed by atoms with Gasteiger partial charge in [0.1, 0.15) is 0 Å². The van der Waals surface area contributed by atoms with Gasteiger partial charge in [0.2, 0.25) is 5.91 Å². The molecule has 3 aromatic rings. The lowest BCUT2D eigenvalue weighted by Crippen LogP contribution is -2.22. The molecular formula is C20H21N3OS3. The molecule has 0 fully saturated rings. The van der Waals surface area contributed by atoms with Gasteiger partial charge in [-0.3, -0.25) is 4.79 Å². The number of carbonyl (C=O) groups is 1. The number of carbonyl (C=O) groups excluding carboxylic acids is 1. The molecule has 1 heterocycles. The van der Waals surface area contributed by atoms with E-state index in [1.165, 1.54) is 11.8 Å². The second kappa shape index (κ2) is 9.92. The molecule has 4 nitrogen and oxygen atoms in total. The minimum Gasteiger partial charge on any atom is -0.325 e. The van der Waals surface area contributed by atoms with Crippen LogP contribution in [0.3, 0.4) is 0 Å². The molecule has 0 unspecified atom stereocenters. The molecule has 27 heavy (non-hydrogen) atoms. The summed E-state index contributed by atoms with van der Waals surface area (Å²) in [6.45, 7) is 4.04. The molecule has 0 bridgehead atoms. The van der Waals surface area contributed by atoms with Crippen molar-refractivity contribution in [2.45, 2.75) is 34.2 Å². The Morgan fingerprint density at radius 2 is 1.78 bits per heavy atom. The van der Waals surface area contributed by atoms with Crippen LogP contribution in [0, 0.1) is 0 Å². The van der Waals surface area contributed by atoms with Crippen LogP contribution in [-0.2, 0) is 4.79 Å². The molecule has 0 saturated carbocycles. The summed E-state index contributed by atoms with van der Waals surface area (Å²) in [7, 11) is 0. The summed E-state index contributed by atoms with van der Waals surface area (Å²) >= 11 is 4.70. The number of nitrogens with one attached hydrogen (secondary N) is 1. The zero-order valence-electron chi connectivity index (χ0n) is 15.2. The van der Waals surface area contributed by atoms with Gasteiger partial charge in [0.05, 0.1) is 5.25 Å². The first-order valence-electron chi connectivity index (χ1n) is 8.75. The molecule has 7 heteroatoms. The number of anilines is 1. The van der Waals surface area contributed by atoms with Gasteiger partial charge in [0.15, 0.2) is 8.68 Å². The fourth-order valence-electron chi connectivity index (χ4n) is 2.39. The number of nitrogens with zero attached hydrogens (tertiary/aromatic N) is 2. The highest BCUT2D eigenvalue weighted by molar-refractivity contribution is 8.03. The molecule has 1 N–H and O–H groups in total. The first kappa shape index (κ1) is 19.9. The highest BCUT2D eigenvalue weighted by Gasteiger charge is 2.18. The summed E-state index contributed by atoms with van der Waals surface area (Å²) in [6.07, 6.45) is 1.10. The number of benzene rings is 2. The summed E-state index contributed by atoms with van der Waals surface area (Å²) in [5, 5.41) is 11.2. The van der Waals surface area contributed by atoms with Crippen molar-refractivity contribution in [3.63, 3.8) is 0 Å². The molecule has 0 aliphatic heterocycles. The summed E-state index contributed by atoms with van der Waals surface area (Å²) in [5.41, 5.74) is 2.91. The SMILES string of the molecule is CCCSc1nnc(S[C@@H](C)C(=O)Nc2ccccc2-c2ccccc2)s1. The molecule has 0 radical (unpaired) electrons. The summed E-state index contributed by atoms with van der Waals surface area (Å²) in [4.78, 5) is 12.7. The van der Waals surface area contributed by atoms with Crippen molar-refractivity contribution >= 4 is 46.5 Å². The van der Waals surface area contributed by atoms with Crippen molar-refractivity contribution in [2.24, 2.45) is 0 Å². The molecule has 0 aliphatic rings. The molecule has 0 saturated heterocycles. The van der Waals surface area contributed by atoms with Crippen molar-refractivity contribution in [1.82, 2.24) is 10.2 Å². The van der Waals surface area contributed by atoms with Crippen LogP contribution >= 0.6 is 34.9 Å². The van der Waals surface area contributed by atoms with E-state index >= 15 is 0 Å². The lowest BCUT2D eigenvalue weighted by molar-refractivity contribution is -0.115. The van der Waals surface area contributed by atoms with Gasteiger partial charge < -0.3 is 5.32 Å². The Kier molecular flexibility index (Phi) is 7.32. The molecular weight excluding hydrogens is 394 g/mol. The van der Waals surface area contributed by atoms with E-state index in [9.17, 15) is 4.79 Å². The van der Waals surface area contributed by atoms with Crippen LogP contribution in [0.1, 0.15) is 20.3 Å². The van der Waals surface area contributed by atoms with Crippen molar-refractivity contribution in [2.75, 3.05) is 11.1 Å². The average Bonchev–Trinajstić information content (AvgIpc) is 3.14. The number of hydrogen-bond acceptors (Lipinski definition) is 6. The minimum atomic E-state index is -0.259. The van der Waals surface area contributed by atoms with E-state index in [2.05, 4.69) is 22.4 Å². The van der Waals surface area contributed by atoms with Crippen molar-refractivity contribution in [1.29, 1.82) is 0 Å². The number of amides is 1. The molecule has 0 aliphatic carbocycles. The van der Waals surface area contributed by atoms with Gasteiger partial charge in [-0.05, 0) is 25.0 Å². The van der Waals surface area contributed by atoms with Gasteiger partial charge in [-0.1, -0.05) is 90.3 Å². The smallest absolute Gasteiger partial charge is 0.237 e. The summed E-state index contributed by atoms with van der Waals surface area (Å²) in [5.74, 6) is 0.993. The Balaban J connectivity index is 1.66. The highest BCUT2D eigenvalue weighted by atomic mass is 32.2. The van der Waals surface area contributed by atoms with Gasteiger partial charge in [-0.25, -0.2) is 0 Å². The molecule has 140 valence electrons. The van der Waals surface area contributed by atoms with E-state index in [1.807, 2.05) is 61.5 Å². The zero-order valence-corrected chi connectivity index (χ0v) is 17.7. The standard InChI is InChI=1S/C20H21N3OS3/c1-3-13-25-19-22-23-20(27-19)26-14(2)18(24)21-17-12-8-7-11-16(17)15-9-5-4-6-10-15/h4-12,14H,3,13H2,1-2H3,(H,21,24)/t14-/m0/s1. The number of rotatable bonds is 8. The monoisotopic (exact) mass is 415 g/mol. The third-order valence-corrected chi connectivity index (χ3v) is 7.18. The van der Waals surface area contributed by atoms with E-state index in [0.29, 0.717) is 0 Å². The number of aromatic nitrogens is 2. The zero-order chi connectivity index (χ0) is 19.1. The molecule has 2 aromatic carbocycles. The van der Waals surface area contributed by atoms with Crippen LogP contribution in [0.15, 0.2) is 63.3 Å². The molecule has 1 atom stereocenters. The maximum absolute atomic E-state index is 12.7. The molecule has 3 rings (SSSR count). The molecule has 1 amide bonds. The van der Waals surface area contributed by atoms with Gasteiger partial charge >= 0.3 is 0 Å². The van der Waals surface area contributed by atoms with Gasteiger partial charge in [-0.2, -0.15) is 0 Å². The van der Waals surface area contributed by atoms with Crippen LogP contribution in [-0.4, -0.2) is 27.1 Å². The van der Waals surface area contributed by atoms with Crippen LogP contribution < -0.4 is 5.32 Å². The van der Waals surface area contributed by atoms with Gasteiger partial charge in [-0.15, -0.1) is 10.2 Å². The van der Waals surface area contributed by atoms with Crippen LogP contribution in [0.4, 0.5) is 5.69 Å². The first-order chi connectivity index (χ1) is 13.2. The third kappa shape index (κ3) is 5.57. The van der Waals surface area contributed by atoms with Crippen LogP contribution in [0.5, 0.6) is 0 Å². The maximum Gasteiger partial charge on any atom is 0.237 e. The topological polar surface area (TPSA) is 54.9 Å². The van der Waals surface area contributed by atoms with E-state index < -0.39 is 0 Å². The number of para-hydroxylation sites is 1.